The third kappa shape index (κ3) is 3.09. The van der Waals surface area contributed by atoms with E-state index in [1.165, 1.54) is 0 Å². The van der Waals surface area contributed by atoms with Crippen LogP contribution in [0.15, 0.2) is 23.5 Å². The van der Waals surface area contributed by atoms with Crippen molar-refractivity contribution >= 4 is 11.7 Å². The summed E-state index contributed by atoms with van der Waals surface area (Å²) in [5, 5.41) is 11.8. The Kier molecular flexibility index (Phi) is 4.75. The highest BCUT2D eigenvalue weighted by molar-refractivity contribution is 6.01. The number of anilines is 1. The van der Waals surface area contributed by atoms with E-state index in [-0.39, 0.29) is 5.84 Å². The van der Waals surface area contributed by atoms with E-state index in [1.807, 2.05) is 7.05 Å². The van der Waals surface area contributed by atoms with Gasteiger partial charge in [0, 0.05) is 19.3 Å². The molecular weight excluding hydrogens is 216 g/mol. The fraction of sp³-hybridized carbons (Fsp3) is 0.500. The van der Waals surface area contributed by atoms with E-state index < -0.39 is 0 Å². The first-order valence-electron chi connectivity index (χ1n) is 5.77. The zero-order chi connectivity index (χ0) is 12.8. The molecule has 1 rings (SSSR count). The van der Waals surface area contributed by atoms with Gasteiger partial charge in [0.1, 0.15) is 5.82 Å². The highest BCUT2D eigenvalue weighted by Gasteiger charge is 2.16. The standard InChI is InChI=1S/C12H20N4O/c1-4-6-9(2)16(3)12-10(11(13)15-17)7-5-8-14-12/h5,7-9,17H,4,6H2,1-3H3,(H2,13,15). The number of hydrogen-bond acceptors (Lipinski definition) is 4. The Morgan fingerprint density at radius 3 is 2.94 bits per heavy atom. The van der Waals surface area contributed by atoms with Gasteiger partial charge in [0.15, 0.2) is 5.84 Å². The number of rotatable bonds is 5. The summed E-state index contributed by atoms with van der Waals surface area (Å²) >= 11 is 0. The predicted molar refractivity (Wildman–Crippen MR) is 69.5 cm³/mol. The summed E-state index contributed by atoms with van der Waals surface area (Å²) in [5.41, 5.74) is 6.29. The van der Waals surface area contributed by atoms with E-state index in [9.17, 15) is 0 Å². The molecular formula is C12H20N4O. The predicted octanol–water partition coefficient (Wildman–Crippen LogP) is 1.80. The van der Waals surface area contributed by atoms with Crippen molar-refractivity contribution in [1.82, 2.24) is 4.98 Å². The molecule has 0 aromatic carbocycles. The lowest BCUT2D eigenvalue weighted by Crippen LogP contribution is -2.31. The van der Waals surface area contributed by atoms with Crippen LogP contribution in [0.1, 0.15) is 32.3 Å². The number of aromatic nitrogens is 1. The van der Waals surface area contributed by atoms with Gasteiger partial charge in [-0.05, 0) is 25.5 Å². The minimum atomic E-state index is 0.0867. The van der Waals surface area contributed by atoms with Gasteiger partial charge in [-0.3, -0.25) is 0 Å². The number of hydrogen-bond donors (Lipinski definition) is 2. The summed E-state index contributed by atoms with van der Waals surface area (Å²) in [6.07, 6.45) is 3.89. The van der Waals surface area contributed by atoms with Crippen molar-refractivity contribution in [3.05, 3.63) is 23.9 Å². The summed E-state index contributed by atoms with van der Waals surface area (Å²) in [5.74, 6) is 0.826. The molecule has 1 heterocycles. The van der Waals surface area contributed by atoms with Crippen LogP contribution in [0.25, 0.3) is 0 Å². The molecule has 5 heteroatoms. The number of oxime groups is 1. The fourth-order valence-corrected chi connectivity index (χ4v) is 1.75. The molecule has 1 aromatic heterocycles. The number of amidine groups is 1. The zero-order valence-electron chi connectivity index (χ0n) is 10.6. The van der Waals surface area contributed by atoms with Crippen LogP contribution in [0.3, 0.4) is 0 Å². The maximum absolute atomic E-state index is 8.75. The van der Waals surface area contributed by atoms with Crippen LogP contribution in [0, 0.1) is 0 Å². The molecule has 0 saturated carbocycles. The topological polar surface area (TPSA) is 74.7 Å². The Hall–Kier alpha value is -1.78. The summed E-state index contributed by atoms with van der Waals surface area (Å²) in [6, 6.07) is 3.93. The molecule has 0 bridgehead atoms. The van der Waals surface area contributed by atoms with Gasteiger partial charge in [-0.1, -0.05) is 18.5 Å². The van der Waals surface area contributed by atoms with Gasteiger partial charge in [0.05, 0.1) is 5.56 Å². The van der Waals surface area contributed by atoms with E-state index in [0.29, 0.717) is 11.6 Å². The molecule has 3 N–H and O–H groups in total. The Morgan fingerprint density at radius 2 is 2.35 bits per heavy atom. The Balaban J connectivity index is 3.04. The maximum atomic E-state index is 8.75. The molecule has 0 radical (unpaired) electrons. The molecule has 94 valence electrons. The van der Waals surface area contributed by atoms with Crippen LogP contribution in [0.2, 0.25) is 0 Å². The third-order valence-electron chi connectivity index (χ3n) is 2.87. The molecule has 0 aliphatic rings. The van der Waals surface area contributed by atoms with Gasteiger partial charge in [-0.2, -0.15) is 0 Å². The monoisotopic (exact) mass is 236 g/mol. The molecule has 0 aliphatic carbocycles. The van der Waals surface area contributed by atoms with Crippen molar-refractivity contribution < 1.29 is 5.21 Å². The van der Waals surface area contributed by atoms with Crippen molar-refractivity contribution in [3.63, 3.8) is 0 Å². The Bertz CT molecular complexity index is 392. The van der Waals surface area contributed by atoms with Gasteiger partial charge >= 0.3 is 0 Å². The first-order valence-corrected chi connectivity index (χ1v) is 5.77. The molecule has 0 spiro atoms. The van der Waals surface area contributed by atoms with Crippen molar-refractivity contribution in [3.8, 4) is 0 Å². The second-order valence-electron chi connectivity index (χ2n) is 4.11. The largest absolute Gasteiger partial charge is 0.409 e. The summed E-state index contributed by atoms with van der Waals surface area (Å²) in [4.78, 5) is 6.36. The lowest BCUT2D eigenvalue weighted by atomic mass is 10.1. The first-order chi connectivity index (χ1) is 8.11. The highest BCUT2D eigenvalue weighted by atomic mass is 16.4. The smallest absolute Gasteiger partial charge is 0.173 e. The van der Waals surface area contributed by atoms with Gasteiger partial charge in [-0.15, -0.1) is 0 Å². The van der Waals surface area contributed by atoms with E-state index >= 15 is 0 Å². The number of nitrogens with zero attached hydrogens (tertiary/aromatic N) is 3. The van der Waals surface area contributed by atoms with Gasteiger partial charge in [0.2, 0.25) is 0 Å². The molecule has 0 fully saturated rings. The average Bonchev–Trinajstić information content (AvgIpc) is 2.37. The van der Waals surface area contributed by atoms with E-state index in [1.54, 1.807) is 18.3 Å². The second-order valence-corrected chi connectivity index (χ2v) is 4.11. The highest BCUT2D eigenvalue weighted by Crippen LogP contribution is 2.19. The van der Waals surface area contributed by atoms with Crippen LogP contribution in [0.5, 0.6) is 0 Å². The van der Waals surface area contributed by atoms with Crippen LogP contribution < -0.4 is 10.6 Å². The number of pyridine rings is 1. The third-order valence-corrected chi connectivity index (χ3v) is 2.87. The Morgan fingerprint density at radius 1 is 1.65 bits per heavy atom. The van der Waals surface area contributed by atoms with Gasteiger partial charge < -0.3 is 15.8 Å². The van der Waals surface area contributed by atoms with Crippen LogP contribution in [-0.2, 0) is 0 Å². The summed E-state index contributed by atoms with van der Waals surface area (Å²) < 4.78 is 0. The molecule has 0 amide bonds. The zero-order valence-corrected chi connectivity index (χ0v) is 10.6. The van der Waals surface area contributed by atoms with Crippen molar-refractivity contribution in [2.75, 3.05) is 11.9 Å². The molecule has 1 unspecified atom stereocenters. The minimum absolute atomic E-state index is 0.0867. The molecule has 0 aliphatic heterocycles. The Labute approximate surface area is 102 Å². The lowest BCUT2D eigenvalue weighted by molar-refractivity contribution is 0.318. The van der Waals surface area contributed by atoms with E-state index in [0.717, 1.165) is 18.7 Å². The van der Waals surface area contributed by atoms with Gasteiger partial charge in [0.25, 0.3) is 0 Å². The van der Waals surface area contributed by atoms with Crippen LogP contribution in [-0.4, -0.2) is 29.1 Å². The van der Waals surface area contributed by atoms with Crippen molar-refractivity contribution in [1.29, 1.82) is 0 Å². The first kappa shape index (κ1) is 13.3. The van der Waals surface area contributed by atoms with E-state index in [2.05, 4.69) is 28.9 Å². The molecule has 5 nitrogen and oxygen atoms in total. The molecule has 1 atom stereocenters. The molecule has 17 heavy (non-hydrogen) atoms. The van der Waals surface area contributed by atoms with E-state index in [4.69, 9.17) is 10.9 Å². The van der Waals surface area contributed by atoms with Gasteiger partial charge in [-0.25, -0.2) is 4.98 Å². The number of nitrogens with two attached hydrogens (primary N) is 1. The summed E-state index contributed by atoms with van der Waals surface area (Å²) in [6.45, 7) is 4.28. The normalized spacial score (nSPS) is 13.5. The van der Waals surface area contributed by atoms with Crippen LogP contribution in [0.4, 0.5) is 5.82 Å². The average molecular weight is 236 g/mol. The lowest BCUT2D eigenvalue weighted by Gasteiger charge is -2.27. The second kappa shape index (κ2) is 6.08. The minimum Gasteiger partial charge on any atom is -0.409 e. The summed E-state index contributed by atoms with van der Waals surface area (Å²) in [7, 11) is 1.97. The van der Waals surface area contributed by atoms with Crippen LogP contribution >= 0.6 is 0 Å². The fourth-order valence-electron chi connectivity index (χ4n) is 1.75. The SMILES string of the molecule is CCCC(C)N(C)c1ncccc1/C(N)=N/O. The van der Waals surface area contributed by atoms with Crippen molar-refractivity contribution in [2.45, 2.75) is 32.7 Å². The van der Waals surface area contributed by atoms with Crippen molar-refractivity contribution in [2.24, 2.45) is 10.9 Å². The molecule has 1 aromatic rings. The maximum Gasteiger partial charge on any atom is 0.173 e. The quantitative estimate of drug-likeness (QED) is 0.354. The molecule has 0 saturated heterocycles.